The van der Waals surface area contributed by atoms with Crippen LogP contribution in [-0.4, -0.2) is 21.6 Å². The summed E-state index contributed by atoms with van der Waals surface area (Å²) in [5, 5.41) is 11.0. The molecule has 0 aliphatic rings. The number of H-pyrrole nitrogens is 2. The number of phenolic OH excluding ortho intramolecular Hbond substituents is 1. The average molecular weight is 393 g/mol. The van der Waals surface area contributed by atoms with Crippen LogP contribution < -0.4 is 16.7 Å². The van der Waals surface area contributed by atoms with Crippen molar-refractivity contribution in [1.82, 2.24) is 9.97 Å². The summed E-state index contributed by atoms with van der Waals surface area (Å²) >= 11 is 0. The monoisotopic (exact) mass is 393 g/mol. The van der Waals surface area contributed by atoms with Crippen LogP contribution in [0.1, 0.15) is 24.0 Å². The first-order valence-electron chi connectivity index (χ1n) is 9.24. The van der Waals surface area contributed by atoms with E-state index in [-0.39, 0.29) is 33.5 Å². The van der Waals surface area contributed by atoms with Gasteiger partial charge in [-0.25, -0.2) is 4.39 Å². The first-order valence-corrected chi connectivity index (χ1v) is 9.24. The van der Waals surface area contributed by atoms with E-state index in [1.165, 1.54) is 19.2 Å². The van der Waals surface area contributed by atoms with Crippen molar-refractivity contribution in [1.29, 1.82) is 0 Å². The van der Waals surface area contributed by atoms with E-state index in [9.17, 15) is 19.1 Å². The maximum absolute atomic E-state index is 14.8. The van der Waals surface area contributed by atoms with Gasteiger partial charge in [0.25, 0.3) is 5.56 Å². The maximum Gasteiger partial charge on any atom is 0.261 e. The standard InChI is InChI=1S/C22H20FN3O3/c1-10(9-24)12-3-5-13(6-4-12)15-17-19(11(2)18(23)21(15)28)26-22(29)16-14(27)7-8-25-20(16)17/h3-8,10,28H,9,24H2,1-2H3,(H,25,27)(H,26,29). The summed E-state index contributed by atoms with van der Waals surface area (Å²) in [6.45, 7) is 3.95. The molecule has 0 saturated heterocycles. The maximum atomic E-state index is 14.8. The van der Waals surface area contributed by atoms with Crippen LogP contribution in [0.3, 0.4) is 0 Å². The highest BCUT2D eigenvalue weighted by molar-refractivity contribution is 6.13. The lowest BCUT2D eigenvalue weighted by atomic mass is 9.92. The number of rotatable bonds is 3. The SMILES string of the molecule is Cc1c(F)c(O)c(-c2ccc(C(C)CN)cc2)c2c1[nH]c(=O)c1c(=O)cc[nH]c12. The second-order valence-corrected chi connectivity index (χ2v) is 7.22. The van der Waals surface area contributed by atoms with Crippen LogP contribution in [-0.2, 0) is 0 Å². The van der Waals surface area contributed by atoms with Gasteiger partial charge in [-0.15, -0.1) is 0 Å². The summed E-state index contributed by atoms with van der Waals surface area (Å²) in [4.78, 5) is 30.3. The molecule has 0 spiro atoms. The summed E-state index contributed by atoms with van der Waals surface area (Å²) < 4.78 is 14.8. The smallest absolute Gasteiger partial charge is 0.261 e. The van der Waals surface area contributed by atoms with Gasteiger partial charge in [0.2, 0.25) is 0 Å². The number of aromatic hydroxyl groups is 1. The number of benzene rings is 2. The van der Waals surface area contributed by atoms with Gasteiger partial charge in [0, 0.05) is 28.8 Å². The van der Waals surface area contributed by atoms with E-state index in [1.807, 2.05) is 19.1 Å². The first-order chi connectivity index (χ1) is 13.8. The van der Waals surface area contributed by atoms with Crippen LogP contribution >= 0.6 is 0 Å². The molecule has 4 rings (SSSR count). The van der Waals surface area contributed by atoms with Crippen molar-refractivity contribution in [2.45, 2.75) is 19.8 Å². The second kappa shape index (κ2) is 6.86. The summed E-state index contributed by atoms with van der Waals surface area (Å²) in [5.41, 5.74) is 7.01. The first kappa shape index (κ1) is 18.9. The molecule has 1 unspecified atom stereocenters. The Balaban J connectivity index is 2.18. The Morgan fingerprint density at radius 3 is 2.45 bits per heavy atom. The third-order valence-electron chi connectivity index (χ3n) is 5.45. The van der Waals surface area contributed by atoms with Gasteiger partial charge in [-0.05, 0) is 30.5 Å². The Morgan fingerprint density at radius 1 is 1.10 bits per heavy atom. The molecule has 0 aliphatic carbocycles. The molecule has 2 heterocycles. The number of phenols is 1. The van der Waals surface area contributed by atoms with E-state index in [4.69, 9.17) is 5.73 Å². The number of nitrogens with one attached hydrogen (secondary N) is 2. The third kappa shape index (κ3) is 2.82. The van der Waals surface area contributed by atoms with E-state index < -0.39 is 22.6 Å². The molecule has 0 fully saturated rings. The number of hydrogen-bond donors (Lipinski definition) is 4. The predicted octanol–water partition coefficient (Wildman–Crippen LogP) is 3.25. The molecule has 2 aromatic heterocycles. The van der Waals surface area contributed by atoms with E-state index in [0.29, 0.717) is 17.5 Å². The van der Waals surface area contributed by atoms with Crippen LogP contribution in [0.25, 0.3) is 32.9 Å². The number of halogens is 1. The fourth-order valence-corrected chi connectivity index (χ4v) is 3.71. The Kier molecular flexibility index (Phi) is 4.47. The zero-order valence-electron chi connectivity index (χ0n) is 16.0. The van der Waals surface area contributed by atoms with Gasteiger partial charge >= 0.3 is 0 Å². The van der Waals surface area contributed by atoms with Crippen LogP contribution in [0.15, 0.2) is 46.1 Å². The molecule has 7 heteroatoms. The van der Waals surface area contributed by atoms with Gasteiger partial charge < -0.3 is 20.8 Å². The Hall–Kier alpha value is -3.45. The average Bonchev–Trinajstić information content (AvgIpc) is 2.73. The van der Waals surface area contributed by atoms with Crippen LogP contribution in [0, 0.1) is 12.7 Å². The number of pyridine rings is 2. The highest BCUT2D eigenvalue weighted by atomic mass is 19.1. The molecule has 4 aromatic rings. The van der Waals surface area contributed by atoms with Gasteiger partial charge in [-0.2, -0.15) is 0 Å². The fourth-order valence-electron chi connectivity index (χ4n) is 3.71. The summed E-state index contributed by atoms with van der Waals surface area (Å²) in [7, 11) is 0. The molecule has 0 amide bonds. The minimum Gasteiger partial charge on any atom is -0.504 e. The lowest BCUT2D eigenvalue weighted by Gasteiger charge is -2.16. The summed E-state index contributed by atoms with van der Waals surface area (Å²) in [6, 6.07) is 8.52. The molecule has 5 N–H and O–H groups in total. The molecule has 6 nitrogen and oxygen atoms in total. The Bertz CT molecular complexity index is 1370. The van der Waals surface area contributed by atoms with E-state index >= 15 is 0 Å². The number of aromatic nitrogens is 2. The molecule has 148 valence electrons. The van der Waals surface area contributed by atoms with Gasteiger partial charge in [0.05, 0.1) is 11.0 Å². The number of aromatic amines is 2. The molecule has 29 heavy (non-hydrogen) atoms. The van der Waals surface area contributed by atoms with Gasteiger partial charge in [0.1, 0.15) is 5.39 Å². The second-order valence-electron chi connectivity index (χ2n) is 7.22. The molecule has 0 aliphatic heterocycles. The third-order valence-corrected chi connectivity index (χ3v) is 5.45. The van der Waals surface area contributed by atoms with Crippen molar-refractivity contribution in [2.75, 3.05) is 6.54 Å². The van der Waals surface area contributed by atoms with Crippen molar-refractivity contribution in [3.05, 3.63) is 74.0 Å². The fraction of sp³-hybridized carbons (Fsp3) is 0.182. The highest BCUT2D eigenvalue weighted by Gasteiger charge is 2.22. The highest BCUT2D eigenvalue weighted by Crippen LogP contribution is 2.41. The van der Waals surface area contributed by atoms with Crippen molar-refractivity contribution >= 4 is 21.8 Å². The molecular weight excluding hydrogens is 373 g/mol. The topological polar surface area (TPSA) is 112 Å². The van der Waals surface area contributed by atoms with Gasteiger partial charge in [0.15, 0.2) is 17.0 Å². The van der Waals surface area contributed by atoms with Crippen LogP contribution in [0.4, 0.5) is 4.39 Å². The van der Waals surface area contributed by atoms with Crippen molar-refractivity contribution in [3.63, 3.8) is 0 Å². The number of nitrogens with two attached hydrogens (primary N) is 1. The number of aryl methyl sites for hydroxylation is 1. The normalized spacial score (nSPS) is 12.6. The van der Waals surface area contributed by atoms with E-state index in [2.05, 4.69) is 9.97 Å². The van der Waals surface area contributed by atoms with E-state index in [0.717, 1.165) is 5.56 Å². The molecular formula is C22H20FN3O3. The largest absolute Gasteiger partial charge is 0.504 e. The van der Waals surface area contributed by atoms with Crippen LogP contribution in [0.2, 0.25) is 0 Å². The van der Waals surface area contributed by atoms with Crippen molar-refractivity contribution in [3.8, 4) is 16.9 Å². The molecule has 0 saturated carbocycles. The summed E-state index contributed by atoms with van der Waals surface area (Å²) in [6.07, 6.45) is 1.43. The van der Waals surface area contributed by atoms with E-state index in [1.54, 1.807) is 12.1 Å². The number of fused-ring (bicyclic) bond motifs is 3. The lowest BCUT2D eigenvalue weighted by Crippen LogP contribution is -2.17. The Labute approximate surface area is 164 Å². The molecule has 0 radical (unpaired) electrons. The lowest BCUT2D eigenvalue weighted by molar-refractivity contribution is 0.433. The quantitative estimate of drug-likeness (QED) is 0.400. The van der Waals surface area contributed by atoms with Gasteiger partial charge in [-0.3, -0.25) is 9.59 Å². The van der Waals surface area contributed by atoms with Crippen LogP contribution in [0.5, 0.6) is 5.75 Å². The minimum absolute atomic E-state index is 0.0694. The Morgan fingerprint density at radius 2 is 1.79 bits per heavy atom. The van der Waals surface area contributed by atoms with Crippen molar-refractivity contribution < 1.29 is 9.50 Å². The molecule has 1 atom stereocenters. The zero-order chi connectivity index (χ0) is 20.9. The predicted molar refractivity (Wildman–Crippen MR) is 112 cm³/mol. The minimum atomic E-state index is -0.819. The number of hydrogen-bond acceptors (Lipinski definition) is 4. The van der Waals surface area contributed by atoms with Crippen molar-refractivity contribution in [2.24, 2.45) is 5.73 Å². The zero-order valence-corrected chi connectivity index (χ0v) is 16.0. The molecule has 0 bridgehead atoms. The molecule has 2 aromatic carbocycles. The van der Waals surface area contributed by atoms with Gasteiger partial charge in [-0.1, -0.05) is 31.2 Å². The summed E-state index contributed by atoms with van der Waals surface area (Å²) in [5.74, 6) is -1.20.